The van der Waals surface area contributed by atoms with Crippen LogP contribution in [0, 0.1) is 16.7 Å². The van der Waals surface area contributed by atoms with Gasteiger partial charge in [-0.3, -0.25) is 4.79 Å². The molecule has 2 aliphatic carbocycles. The number of hydrogen-bond acceptors (Lipinski definition) is 1. The van der Waals surface area contributed by atoms with E-state index in [-0.39, 0.29) is 16.7 Å². The number of carbonyl (C=O) groups is 1. The van der Waals surface area contributed by atoms with Gasteiger partial charge in [0.15, 0.2) is 0 Å². The van der Waals surface area contributed by atoms with E-state index in [1.165, 1.54) is 22.3 Å². The summed E-state index contributed by atoms with van der Waals surface area (Å²) in [7, 11) is 0. The number of ketones is 1. The summed E-state index contributed by atoms with van der Waals surface area (Å²) in [5.41, 5.74) is 5.71. The first-order valence-electron chi connectivity index (χ1n) is 7.20. The van der Waals surface area contributed by atoms with Gasteiger partial charge in [0, 0.05) is 16.7 Å². The first-order chi connectivity index (χ1) is 8.57. The van der Waals surface area contributed by atoms with Gasteiger partial charge in [-0.05, 0) is 32.8 Å². The van der Waals surface area contributed by atoms with Crippen molar-refractivity contribution in [3.8, 4) is 0 Å². The Balaban J connectivity index is 2.59. The Morgan fingerprint density at radius 1 is 1.21 bits per heavy atom. The molecule has 1 heteroatoms. The largest absolute Gasteiger partial charge is 0.299 e. The minimum absolute atomic E-state index is 0.0693. The van der Waals surface area contributed by atoms with Gasteiger partial charge in [0.25, 0.3) is 0 Å². The van der Waals surface area contributed by atoms with Crippen LogP contribution in [0.2, 0.25) is 0 Å². The van der Waals surface area contributed by atoms with Gasteiger partial charge in [-0.2, -0.15) is 0 Å². The van der Waals surface area contributed by atoms with Crippen LogP contribution < -0.4 is 0 Å². The average molecular weight is 258 g/mol. The Morgan fingerprint density at radius 3 is 2.32 bits per heavy atom. The van der Waals surface area contributed by atoms with Gasteiger partial charge in [-0.25, -0.2) is 0 Å². The molecular formula is C18H26O. The second-order valence-corrected chi connectivity index (χ2v) is 7.32. The number of rotatable bonds is 1. The molecule has 0 amide bonds. The van der Waals surface area contributed by atoms with Crippen LogP contribution in [0.4, 0.5) is 0 Å². The maximum absolute atomic E-state index is 11.8. The Kier molecular flexibility index (Phi) is 3.16. The molecule has 0 N–H and O–H groups in total. The third kappa shape index (κ3) is 2.13. The first-order valence-corrected chi connectivity index (χ1v) is 7.20. The Labute approximate surface area is 117 Å². The first kappa shape index (κ1) is 14.3. The fourth-order valence-electron chi connectivity index (χ4n) is 3.54. The highest BCUT2D eigenvalue weighted by Gasteiger charge is 2.41. The molecule has 0 bridgehead atoms. The highest BCUT2D eigenvalue weighted by Crippen LogP contribution is 2.53. The second-order valence-electron chi connectivity index (χ2n) is 7.32. The van der Waals surface area contributed by atoms with E-state index in [1.54, 1.807) is 6.92 Å². The molecule has 19 heavy (non-hydrogen) atoms. The van der Waals surface area contributed by atoms with Gasteiger partial charge in [-0.1, -0.05) is 56.6 Å². The van der Waals surface area contributed by atoms with E-state index in [0.29, 0.717) is 5.78 Å². The maximum Gasteiger partial charge on any atom is 0.137 e. The highest BCUT2D eigenvalue weighted by atomic mass is 16.1. The molecule has 1 unspecified atom stereocenters. The molecule has 0 heterocycles. The Morgan fingerprint density at radius 2 is 1.79 bits per heavy atom. The molecule has 0 aliphatic heterocycles. The van der Waals surface area contributed by atoms with E-state index in [2.05, 4.69) is 53.7 Å². The van der Waals surface area contributed by atoms with Crippen molar-refractivity contribution in [3.63, 3.8) is 0 Å². The summed E-state index contributed by atoms with van der Waals surface area (Å²) in [6.07, 6.45) is 5.56. The Bertz CT molecular complexity index is 524. The lowest BCUT2D eigenvalue weighted by atomic mass is 9.60. The van der Waals surface area contributed by atoms with Crippen molar-refractivity contribution < 1.29 is 4.79 Å². The van der Waals surface area contributed by atoms with E-state index >= 15 is 0 Å². The topological polar surface area (TPSA) is 17.1 Å². The lowest BCUT2D eigenvalue weighted by Gasteiger charge is -2.44. The fourth-order valence-corrected chi connectivity index (χ4v) is 3.54. The molecule has 0 aromatic rings. The van der Waals surface area contributed by atoms with Crippen LogP contribution in [0.5, 0.6) is 0 Å². The molecule has 2 rings (SSSR count). The molecule has 0 radical (unpaired) electrons. The van der Waals surface area contributed by atoms with E-state index in [1.807, 2.05) is 0 Å². The molecule has 2 aliphatic rings. The third-order valence-corrected chi connectivity index (χ3v) is 5.16. The standard InChI is InChI=1S/C18H26O/c1-11-8-16-15(9-14(11)13(3)19)17(4,5)10-12(2)18(16,6)7/h8,10,14H,9H2,1-7H3. The van der Waals surface area contributed by atoms with Crippen molar-refractivity contribution in [3.05, 3.63) is 34.4 Å². The normalized spacial score (nSPS) is 28.5. The van der Waals surface area contributed by atoms with Crippen LogP contribution in [0.15, 0.2) is 34.4 Å². The quantitative estimate of drug-likeness (QED) is 0.614. The van der Waals surface area contributed by atoms with Crippen molar-refractivity contribution in [1.29, 1.82) is 0 Å². The SMILES string of the molecule is CC(=O)C1CC2=C(C=C1C)C(C)(C)C(C)=CC2(C)C. The number of hydrogen-bond donors (Lipinski definition) is 0. The predicted molar refractivity (Wildman–Crippen MR) is 80.9 cm³/mol. The molecule has 0 saturated heterocycles. The van der Waals surface area contributed by atoms with E-state index < -0.39 is 0 Å². The Hall–Kier alpha value is -1.11. The summed E-state index contributed by atoms with van der Waals surface area (Å²) in [5, 5.41) is 0. The van der Waals surface area contributed by atoms with Crippen LogP contribution in [0.3, 0.4) is 0 Å². The van der Waals surface area contributed by atoms with Crippen LogP contribution in [-0.4, -0.2) is 5.78 Å². The van der Waals surface area contributed by atoms with Crippen LogP contribution in [0.1, 0.15) is 54.9 Å². The van der Waals surface area contributed by atoms with Gasteiger partial charge in [0.1, 0.15) is 5.78 Å². The van der Waals surface area contributed by atoms with Crippen molar-refractivity contribution in [2.75, 3.05) is 0 Å². The van der Waals surface area contributed by atoms with Gasteiger partial charge in [0.2, 0.25) is 0 Å². The molecule has 0 saturated carbocycles. The summed E-state index contributed by atoms with van der Waals surface area (Å²) in [6, 6.07) is 0. The van der Waals surface area contributed by atoms with Crippen LogP contribution >= 0.6 is 0 Å². The summed E-state index contributed by atoms with van der Waals surface area (Å²) < 4.78 is 0. The minimum atomic E-state index is 0.0693. The van der Waals surface area contributed by atoms with Crippen molar-refractivity contribution in [2.24, 2.45) is 16.7 Å². The molecule has 1 nitrogen and oxygen atoms in total. The van der Waals surface area contributed by atoms with Crippen molar-refractivity contribution in [1.82, 2.24) is 0 Å². The van der Waals surface area contributed by atoms with Gasteiger partial charge >= 0.3 is 0 Å². The lowest BCUT2D eigenvalue weighted by Crippen LogP contribution is -2.33. The summed E-state index contributed by atoms with van der Waals surface area (Å²) in [4.78, 5) is 11.8. The van der Waals surface area contributed by atoms with E-state index in [0.717, 1.165) is 6.42 Å². The zero-order valence-electron chi connectivity index (χ0n) is 13.3. The summed E-state index contributed by atoms with van der Waals surface area (Å²) in [6.45, 7) is 15.2. The van der Waals surface area contributed by atoms with Crippen molar-refractivity contribution >= 4 is 5.78 Å². The van der Waals surface area contributed by atoms with Gasteiger partial charge < -0.3 is 0 Å². The van der Waals surface area contributed by atoms with E-state index in [9.17, 15) is 4.79 Å². The zero-order chi connectivity index (χ0) is 14.6. The maximum atomic E-state index is 11.8. The zero-order valence-corrected chi connectivity index (χ0v) is 13.3. The fraction of sp³-hybridized carbons (Fsp3) is 0.611. The third-order valence-electron chi connectivity index (χ3n) is 5.16. The average Bonchev–Trinajstić information content (AvgIpc) is 2.25. The summed E-state index contributed by atoms with van der Waals surface area (Å²) >= 11 is 0. The van der Waals surface area contributed by atoms with Gasteiger partial charge in [-0.15, -0.1) is 0 Å². The molecule has 0 aromatic carbocycles. The number of allylic oxidation sites excluding steroid dienone is 6. The van der Waals surface area contributed by atoms with Crippen molar-refractivity contribution in [2.45, 2.75) is 54.9 Å². The molecule has 104 valence electrons. The molecule has 0 aromatic heterocycles. The predicted octanol–water partition coefficient (Wildman–Crippen LogP) is 4.85. The minimum Gasteiger partial charge on any atom is -0.299 e. The summed E-state index contributed by atoms with van der Waals surface area (Å²) in [5.74, 6) is 0.376. The molecule has 1 atom stereocenters. The van der Waals surface area contributed by atoms with Crippen LogP contribution in [-0.2, 0) is 4.79 Å². The number of carbonyl (C=O) groups excluding carboxylic acids is 1. The molecule has 0 spiro atoms. The highest BCUT2D eigenvalue weighted by molar-refractivity contribution is 5.82. The monoisotopic (exact) mass is 258 g/mol. The van der Waals surface area contributed by atoms with E-state index in [4.69, 9.17) is 0 Å². The lowest BCUT2D eigenvalue weighted by molar-refractivity contribution is -0.119. The second kappa shape index (κ2) is 4.19. The smallest absolute Gasteiger partial charge is 0.137 e. The molecule has 0 fully saturated rings. The van der Waals surface area contributed by atoms with Crippen LogP contribution in [0.25, 0.3) is 0 Å². The number of Topliss-reactive ketones (excluding diaryl/α,β-unsaturated/α-hetero) is 1. The molecular weight excluding hydrogens is 232 g/mol. The van der Waals surface area contributed by atoms with Gasteiger partial charge in [0.05, 0.1) is 0 Å².